The van der Waals surface area contributed by atoms with E-state index in [0.717, 1.165) is 57.1 Å². The molecule has 5 nitrogen and oxygen atoms in total. The van der Waals surface area contributed by atoms with E-state index >= 15 is 0 Å². The fourth-order valence-electron chi connectivity index (χ4n) is 10.9. The molecule has 0 aromatic carbocycles. The highest BCUT2D eigenvalue weighted by Gasteiger charge is 2.70. The van der Waals surface area contributed by atoms with Gasteiger partial charge in [-0.2, -0.15) is 0 Å². The Kier molecular flexibility index (Phi) is 5.06. The highest BCUT2D eigenvalue weighted by molar-refractivity contribution is 5.96. The van der Waals surface area contributed by atoms with E-state index in [1.165, 1.54) is 18.2 Å². The van der Waals surface area contributed by atoms with Crippen molar-refractivity contribution >= 4 is 11.8 Å². The van der Waals surface area contributed by atoms with Crippen molar-refractivity contribution in [1.29, 1.82) is 0 Å². The van der Waals surface area contributed by atoms with E-state index in [1.54, 1.807) is 0 Å². The standard InChI is InChI=1S/C32H45NO4/c1-27(2)23-9-10-32(7)24(30(23,5)16-19-18-33-37-25(19)27)22(34)15-20-21-17-29(4,26(35)36-8)12-11-28(21,3)13-14-31(20,32)6/h15,18,21,23-24H,9-14,16-17H2,1-8H3/t21-,23-,24+,28+,29-,30-,31-,32-/m0/s1. The number of nitrogens with zero attached hydrogens (tertiary/aromatic N) is 1. The molecule has 37 heavy (non-hydrogen) atoms. The molecule has 5 aliphatic carbocycles. The summed E-state index contributed by atoms with van der Waals surface area (Å²) in [7, 11) is 1.51. The number of hydrogen-bond acceptors (Lipinski definition) is 5. The van der Waals surface area contributed by atoms with Gasteiger partial charge in [-0.15, -0.1) is 0 Å². The molecule has 0 saturated heterocycles. The van der Waals surface area contributed by atoms with E-state index in [2.05, 4.69) is 59.7 Å². The van der Waals surface area contributed by atoms with E-state index in [4.69, 9.17) is 9.26 Å². The van der Waals surface area contributed by atoms with Gasteiger partial charge in [-0.25, -0.2) is 0 Å². The molecule has 1 aromatic heterocycles. The Morgan fingerprint density at radius 2 is 1.73 bits per heavy atom. The van der Waals surface area contributed by atoms with Gasteiger partial charge in [0.1, 0.15) is 5.76 Å². The van der Waals surface area contributed by atoms with Crippen LogP contribution in [0, 0.1) is 44.8 Å². The first-order valence-corrected chi connectivity index (χ1v) is 14.4. The van der Waals surface area contributed by atoms with E-state index < -0.39 is 5.41 Å². The summed E-state index contributed by atoms with van der Waals surface area (Å²) in [6.45, 7) is 16.4. The quantitative estimate of drug-likeness (QED) is 0.389. The lowest BCUT2D eigenvalue weighted by Crippen LogP contribution is -2.66. The molecular weight excluding hydrogens is 462 g/mol. The first kappa shape index (κ1) is 25.4. The third-order valence-electron chi connectivity index (χ3n) is 13.2. The smallest absolute Gasteiger partial charge is 0.311 e. The SMILES string of the molecule is COC(=O)[C@@]1(C)CC[C@]2(C)CC[C@@]3(C)C(=CC(=O)[C@@H]4[C@@]5(C)Cc6cnoc6C(C)(C)[C@@H]5CC[C@@]43C)[C@@H]2C1. The number of methoxy groups -OCH3 is 1. The van der Waals surface area contributed by atoms with Crippen molar-refractivity contribution in [3.05, 3.63) is 29.2 Å². The highest BCUT2D eigenvalue weighted by atomic mass is 16.5. The summed E-state index contributed by atoms with van der Waals surface area (Å²) < 4.78 is 11.1. The zero-order valence-corrected chi connectivity index (χ0v) is 24.1. The Labute approximate surface area is 222 Å². The van der Waals surface area contributed by atoms with Crippen molar-refractivity contribution in [2.75, 3.05) is 7.11 Å². The number of rotatable bonds is 1. The third kappa shape index (κ3) is 2.95. The summed E-state index contributed by atoms with van der Waals surface area (Å²) in [4.78, 5) is 27.4. The fourth-order valence-corrected chi connectivity index (χ4v) is 10.9. The summed E-state index contributed by atoms with van der Waals surface area (Å²) in [5.74, 6) is 1.80. The molecule has 0 unspecified atom stereocenters. The molecule has 3 saturated carbocycles. The topological polar surface area (TPSA) is 69.4 Å². The van der Waals surface area contributed by atoms with Crippen LogP contribution in [0.4, 0.5) is 0 Å². The van der Waals surface area contributed by atoms with Crippen molar-refractivity contribution in [2.24, 2.45) is 44.8 Å². The van der Waals surface area contributed by atoms with E-state index in [-0.39, 0.29) is 44.9 Å². The Hall–Kier alpha value is -1.91. The molecule has 0 amide bonds. The number of aromatic nitrogens is 1. The average molecular weight is 508 g/mol. The van der Waals surface area contributed by atoms with Gasteiger partial charge < -0.3 is 9.26 Å². The molecule has 0 radical (unpaired) electrons. The molecule has 6 rings (SSSR count). The van der Waals surface area contributed by atoms with Crippen LogP contribution < -0.4 is 0 Å². The maximum absolute atomic E-state index is 14.5. The summed E-state index contributed by atoms with van der Waals surface area (Å²) in [5, 5.41) is 4.19. The number of ketones is 1. The molecule has 0 aliphatic heterocycles. The number of hydrogen-bond donors (Lipinski definition) is 0. The van der Waals surface area contributed by atoms with Crippen LogP contribution >= 0.6 is 0 Å². The van der Waals surface area contributed by atoms with Gasteiger partial charge in [-0.05, 0) is 97.9 Å². The minimum absolute atomic E-state index is 0.0326. The third-order valence-corrected chi connectivity index (χ3v) is 13.2. The van der Waals surface area contributed by atoms with Gasteiger partial charge in [0.2, 0.25) is 0 Å². The maximum Gasteiger partial charge on any atom is 0.311 e. The van der Waals surface area contributed by atoms with E-state index in [1.807, 2.05) is 6.20 Å². The molecule has 1 heterocycles. The Morgan fingerprint density at radius 3 is 2.43 bits per heavy atom. The number of allylic oxidation sites excluding steroid dienone is 2. The number of ether oxygens (including phenoxy) is 1. The van der Waals surface area contributed by atoms with Crippen LogP contribution in [0.5, 0.6) is 0 Å². The summed E-state index contributed by atoms with van der Waals surface area (Å²) >= 11 is 0. The van der Waals surface area contributed by atoms with Gasteiger partial charge in [0.25, 0.3) is 0 Å². The lowest BCUT2D eigenvalue weighted by molar-refractivity contribution is -0.175. The first-order chi connectivity index (χ1) is 17.2. The highest BCUT2D eigenvalue weighted by Crippen LogP contribution is 2.74. The molecule has 8 atom stereocenters. The predicted molar refractivity (Wildman–Crippen MR) is 142 cm³/mol. The van der Waals surface area contributed by atoms with Gasteiger partial charge >= 0.3 is 5.97 Å². The minimum Gasteiger partial charge on any atom is -0.469 e. The second-order valence-corrected chi connectivity index (χ2v) is 15.3. The minimum atomic E-state index is -0.486. The second-order valence-electron chi connectivity index (χ2n) is 15.3. The number of esters is 1. The van der Waals surface area contributed by atoms with Gasteiger partial charge in [-0.3, -0.25) is 9.59 Å². The average Bonchev–Trinajstić information content (AvgIpc) is 3.29. The largest absolute Gasteiger partial charge is 0.469 e. The lowest BCUT2D eigenvalue weighted by atomic mass is 9.33. The molecular formula is C32H45NO4. The zero-order chi connectivity index (χ0) is 26.8. The maximum atomic E-state index is 14.5. The van der Waals surface area contributed by atoms with Crippen molar-refractivity contribution in [3.63, 3.8) is 0 Å². The van der Waals surface area contributed by atoms with Gasteiger partial charge in [0, 0.05) is 16.9 Å². The molecule has 5 heteroatoms. The molecule has 5 aliphatic rings. The van der Waals surface area contributed by atoms with Crippen LogP contribution in [-0.4, -0.2) is 24.0 Å². The molecule has 3 fully saturated rings. The van der Waals surface area contributed by atoms with Gasteiger partial charge in [0.05, 0.1) is 18.7 Å². The molecule has 0 spiro atoms. The molecule has 0 N–H and O–H groups in total. The molecule has 202 valence electrons. The summed E-state index contributed by atoms with van der Waals surface area (Å²) in [6.07, 6.45) is 11.9. The van der Waals surface area contributed by atoms with Crippen LogP contribution in [0.3, 0.4) is 0 Å². The van der Waals surface area contributed by atoms with E-state index in [9.17, 15) is 9.59 Å². The monoisotopic (exact) mass is 507 g/mol. The summed E-state index contributed by atoms with van der Waals surface area (Å²) in [5.41, 5.74) is 1.68. The van der Waals surface area contributed by atoms with Crippen LogP contribution in [0.2, 0.25) is 0 Å². The van der Waals surface area contributed by atoms with Gasteiger partial charge in [-0.1, -0.05) is 52.3 Å². The van der Waals surface area contributed by atoms with Crippen LogP contribution in [0.25, 0.3) is 0 Å². The van der Waals surface area contributed by atoms with Crippen LogP contribution in [0.15, 0.2) is 22.4 Å². The van der Waals surface area contributed by atoms with Crippen LogP contribution in [0.1, 0.15) is 105 Å². The van der Waals surface area contributed by atoms with Gasteiger partial charge in [0.15, 0.2) is 5.78 Å². The lowest BCUT2D eigenvalue weighted by Gasteiger charge is -2.69. The number of carbonyl (C=O) groups excluding carboxylic acids is 2. The van der Waals surface area contributed by atoms with Crippen molar-refractivity contribution in [3.8, 4) is 0 Å². The molecule has 0 bridgehead atoms. The number of carbonyl (C=O) groups is 2. The zero-order valence-electron chi connectivity index (χ0n) is 24.1. The molecule has 1 aromatic rings. The normalized spacial score (nSPS) is 47.9. The van der Waals surface area contributed by atoms with Crippen molar-refractivity contribution < 1.29 is 18.8 Å². The first-order valence-electron chi connectivity index (χ1n) is 14.4. The second kappa shape index (κ2) is 7.39. The Balaban J connectivity index is 1.47. The van der Waals surface area contributed by atoms with E-state index in [0.29, 0.717) is 11.7 Å². The van der Waals surface area contributed by atoms with Crippen LogP contribution in [-0.2, 0) is 26.2 Å². The number of fused-ring (bicyclic) bond motifs is 8. The Bertz CT molecular complexity index is 1210. The Morgan fingerprint density at radius 1 is 1.03 bits per heavy atom. The fraction of sp³-hybridized carbons (Fsp3) is 0.781. The van der Waals surface area contributed by atoms with Crippen molar-refractivity contribution in [2.45, 2.75) is 105 Å². The predicted octanol–water partition coefficient (Wildman–Crippen LogP) is 6.84. The van der Waals surface area contributed by atoms with Crippen molar-refractivity contribution in [1.82, 2.24) is 5.16 Å². The summed E-state index contributed by atoms with van der Waals surface area (Å²) in [6, 6.07) is 0.